The van der Waals surface area contributed by atoms with E-state index in [1.165, 1.54) is 0 Å². The Balaban J connectivity index is 1.81. The summed E-state index contributed by atoms with van der Waals surface area (Å²) < 4.78 is 10.9. The van der Waals surface area contributed by atoms with Gasteiger partial charge >= 0.3 is 0 Å². The molecular weight excluding hydrogens is 292 g/mol. The van der Waals surface area contributed by atoms with Crippen molar-refractivity contribution in [2.24, 2.45) is 5.92 Å². The van der Waals surface area contributed by atoms with Gasteiger partial charge in [0, 0.05) is 18.2 Å². The number of amides is 1. The molecule has 1 aliphatic rings. The monoisotopic (exact) mass is 312 g/mol. The number of hydrogen-bond donors (Lipinski definition) is 2. The van der Waals surface area contributed by atoms with Crippen LogP contribution >= 0.6 is 11.6 Å². The highest BCUT2D eigenvalue weighted by Crippen LogP contribution is 2.23. The normalized spacial score (nSPS) is 17.4. The van der Waals surface area contributed by atoms with E-state index < -0.39 is 6.10 Å². The van der Waals surface area contributed by atoms with Crippen LogP contribution in [0.3, 0.4) is 0 Å². The molecular formula is C15H21ClN2O3. The van der Waals surface area contributed by atoms with E-state index in [0.717, 1.165) is 26.1 Å². The fourth-order valence-corrected chi connectivity index (χ4v) is 2.33. The molecule has 1 aromatic carbocycles. The van der Waals surface area contributed by atoms with Gasteiger partial charge in [-0.25, -0.2) is 0 Å². The van der Waals surface area contributed by atoms with E-state index in [0.29, 0.717) is 28.9 Å². The summed E-state index contributed by atoms with van der Waals surface area (Å²) in [5.74, 6) is 0.255. The largest absolute Gasteiger partial charge is 0.397 e. The summed E-state index contributed by atoms with van der Waals surface area (Å²) in [6.45, 7) is 3.86. The number of nitrogen functional groups attached to an aromatic ring is 1. The number of carbonyl (C=O) groups excluding carboxylic acids is 1. The number of nitrogens with one attached hydrogen (secondary N) is 1. The average molecular weight is 313 g/mol. The highest BCUT2D eigenvalue weighted by atomic mass is 35.5. The van der Waals surface area contributed by atoms with Crippen molar-refractivity contribution in [1.82, 2.24) is 0 Å². The summed E-state index contributed by atoms with van der Waals surface area (Å²) in [5, 5.41) is 3.29. The van der Waals surface area contributed by atoms with Crippen molar-refractivity contribution in [1.29, 1.82) is 0 Å². The topological polar surface area (TPSA) is 73.6 Å². The quantitative estimate of drug-likeness (QED) is 0.820. The van der Waals surface area contributed by atoms with Gasteiger partial charge in [0.25, 0.3) is 5.91 Å². The summed E-state index contributed by atoms with van der Waals surface area (Å²) in [7, 11) is 0. The van der Waals surface area contributed by atoms with Crippen LogP contribution < -0.4 is 11.1 Å². The molecule has 1 atom stereocenters. The first kappa shape index (κ1) is 16.1. The second-order valence-electron chi connectivity index (χ2n) is 5.25. The van der Waals surface area contributed by atoms with Gasteiger partial charge in [0.15, 0.2) is 0 Å². The maximum Gasteiger partial charge on any atom is 0.253 e. The van der Waals surface area contributed by atoms with Crippen LogP contribution in [0.15, 0.2) is 18.2 Å². The molecule has 1 aliphatic heterocycles. The van der Waals surface area contributed by atoms with Crippen molar-refractivity contribution in [3.05, 3.63) is 23.2 Å². The predicted octanol–water partition coefficient (Wildman–Crippen LogP) is 2.69. The molecule has 3 N–H and O–H groups in total. The van der Waals surface area contributed by atoms with Gasteiger partial charge in [0.1, 0.15) is 6.10 Å². The first-order valence-corrected chi connectivity index (χ1v) is 7.49. The minimum atomic E-state index is -0.525. The first-order chi connectivity index (χ1) is 10.1. The Morgan fingerprint density at radius 1 is 1.52 bits per heavy atom. The number of rotatable bonds is 5. The zero-order valence-electron chi connectivity index (χ0n) is 12.1. The molecule has 1 amide bonds. The van der Waals surface area contributed by atoms with Gasteiger partial charge in [-0.05, 0) is 43.9 Å². The molecule has 0 aromatic heterocycles. The van der Waals surface area contributed by atoms with E-state index in [1.807, 2.05) is 0 Å². The molecule has 1 heterocycles. The minimum Gasteiger partial charge on any atom is -0.397 e. The van der Waals surface area contributed by atoms with Crippen molar-refractivity contribution < 1.29 is 14.3 Å². The van der Waals surface area contributed by atoms with Crippen LogP contribution in [-0.2, 0) is 14.3 Å². The molecule has 0 spiro atoms. The van der Waals surface area contributed by atoms with E-state index in [4.69, 9.17) is 26.8 Å². The van der Waals surface area contributed by atoms with Gasteiger partial charge in [-0.3, -0.25) is 4.79 Å². The molecule has 1 fully saturated rings. The summed E-state index contributed by atoms with van der Waals surface area (Å²) in [6.07, 6.45) is 1.44. The molecule has 1 saturated heterocycles. The summed E-state index contributed by atoms with van der Waals surface area (Å²) in [6, 6.07) is 4.96. The molecule has 0 saturated carbocycles. The molecule has 0 aliphatic carbocycles. The van der Waals surface area contributed by atoms with Crippen molar-refractivity contribution in [3.8, 4) is 0 Å². The third-order valence-corrected chi connectivity index (χ3v) is 3.80. The Kier molecular flexibility index (Phi) is 5.85. The molecule has 6 heteroatoms. The van der Waals surface area contributed by atoms with E-state index in [-0.39, 0.29) is 5.91 Å². The van der Waals surface area contributed by atoms with Gasteiger partial charge in [-0.1, -0.05) is 11.6 Å². The SMILES string of the molecule is CC(OCC1CCOCC1)C(=O)Nc1ccc(Cl)cc1N. The number of hydrogen-bond acceptors (Lipinski definition) is 4. The Labute approximate surface area is 129 Å². The predicted molar refractivity (Wildman–Crippen MR) is 83.5 cm³/mol. The van der Waals surface area contributed by atoms with Crippen molar-refractivity contribution in [2.75, 3.05) is 30.9 Å². The number of ether oxygens (including phenoxy) is 2. The van der Waals surface area contributed by atoms with Crippen LogP contribution in [0.25, 0.3) is 0 Å². The van der Waals surface area contributed by atoms with Crippen molar-refractivity contribution >= 4 is 28.9 Å². The van der Waals surface area contributed by atoms with E-state index in [9.17, 15) is 4.79 Å². The Morgan fingerprint density at radius 2 is 2.24 bits per heavy atom. The smallest absolute Gasteiger partial charge is 0.253 e. The maximum atomic E-state index is 12.1. The third-order valence-electron chi connectivity index (χ3n) is 3.56. The van der Waals surface area contributed by atoms with E-state index in [1.54, 1.807) is 25.1 Å². The molecule has 5 nitrogen and oxygen atoms in total. The Morgan fingerprint density at radius 3 is 2.90 bits per heavy atom. The summed E-state index contributed by atoms with van der Waals surface area (Å²) in [5.41, 5.74) is 6.79. The van der Waals surface area contributed by atoms with Crippen LogP contribution in [0.1, 0.15) is 19.8 Å². The standard InChI is InChI=1S/C15H21ClN2O3/c1-10(21-9-11-4-6-20-7-5-11)15(19)18-14-3-2-12(16)8-13(14)17/h2-3,8,10-11H,4-7,9,17H2,1H3,(H,18,19). The van der Waals surface area contributed by atoms with Gasteiger partial charge in [-0.15, -0.1) is 0 Å². The highest BCUT2D eigenvalue weighted by molar-refractivity contribution is 6.31. The number of benzene rings is 1. The fraction of sp³-hybridized carbons (Fsp3) is 0.533. The molecule has 2 rings (SSSR count). The zero-order chi connectivity index (χ0) is 15.2. The number of halogens is 1. The van der Waals surface area contributed by atoms with Crippen LogP contribution in [0.2, 0.25) is 5.02 Å². The van der Waals surface area contributed by atoms with E-state index >= 15 is 0 Å². The summed E-state index contributed by atoms with van der Waals surface area (Å²) >= 11 is 5.82. The lowest BCUT2D eigenvalue weighted by molar-refractivity contribution is -0.127. The molecule has 1 aromatic rings. The van der Waals surface area contributed by atoms with Gasteiger partial charge < -0.3 is 20.5 Å². The van der Waals surface area contributed by atoms with Crippen LogP contribution in [-0.4, -0.2) is 31.8 Å². The third kappa shape index (κ3) is 4.88. The minimum absolute atomic E-state index is 0.212. The van der Waals surface area contributed by atoms with Crippen LogP contribution in [0, 0.1) is 5.92 Å². The van der Waals surface area contributed by atoms with Crippen LogP contribution in [0.5, 0.6) is 0 Å². The van der Waals surface area contributed by atoms with Gasteiger partial charge in [0.2, 0.25) is 0 Å². The van der Waals surface area contributed by atoms with Gasteiger partial charge in [-0.2, -0.15) is 0 Å². The van der Waals surface area contributed by atoms with Crippen molar-refractivity contribution in [3.63, 3.8) is 0 Å². The van der Waals surface area contributed by atoms with Crippen LogP contribution in [0.4, 0.5) is 11.4 Å². The Bertz CT molecular complexity index is 490. The molecule has 21 heavy (non-hydrogen) atoms. The van der Waals surface area contributed by atoms with Gasteiger partial charge in [0.05, 0.1) is 18.0 Å². The lowest BCUT2D eigenvalue weighted by atomic mass is 10.0. The lowest BCUT2D eigenvalue weighted by Crippen LogP contribution is -2.31. The molecule has 1 unspecified atom stereocenters. The number of anilines is 2. The van der Waals surface area contributed by atoms with E-state index in [2.05, 4.69) is 5.32 Å². The second-order valence-corrected chi connectivity index (χ2v) is 5.69. The second kappa shape index (κ2) is 7.64. The molecule has 0 bridgehead atoms. The highest BCUT2D eigenvalue weighted by Gasteiger charge is 2.19. The zero-order valence-corrected chi connectivity index (χ0v) is 12.9. The fourth-order valence-electron chi connectivity index (χ4n) is 2.15. The number of carbonyl (C=O) groups is 1. The average Bonchev–Trinajstić information content (AvgIpc) is 2.48. The lowest BCUT2D eigenvalue weighted by Gasteiger charge is -2.23. The molecule has 0 radical (unpaired) electrons. The van der Waals surface area contributed by atoms with Crippen molar-refractivity contribution in [2.45, 2.75) is 25.9 Å². The first-order valence-electron chi connectivity index (χ1n) is 7.11. The Hall–Kier alpha value is -1.30. The molecule has 116 valence electrons. The summed E-state index contributed by atoms with van der Waals surface area (Å²) in [4.78, 5) is 12.1. The maximum absolute atomic E-state index is 12.1. The number of nitrogens with two attached hydrogens (primary N) is 1.